The van der Waals surface area contributed by atoms with Crippen LogP contribution in [-0.4, -0.2) is 92.3 Å². The molecule has 1 aliphatic rings. The minimum absolute atomic E-state index is 0.0220. The molecule has 3 atom stereocenters. The number of halogens is 4. The number of carbonyl (C=O) groups excluding carboxylic acids is 3. The van der Waals surface area contributed by atoms with E-state index < -0.39 is 77.9 Å². The van der Waals surface area contributed by atoms with Gasteiger partial charge in [0.1, 0.15) is 17.9 Å². The Morgan fingerprint density at radius 1 is 1.05 bits per heavy atom. The van der Waals surface area contributed by atoms with Crippen molar-refractivity contribution in [3.05, 3.63) is 104 Å². The number of fused-ring (bicyclic) bond motifs is 2. The lowest BCUT2D eigenvalue weighted by molar-refractivity contribution is -0.169. The van der Waals surface area contributed by atoms with E-state index in [1.54, 1.807) is 26.0 Å². The third-order valence-corrected chi connectivity index (χ3v) is 9.39. The molecule has 1 saturated heterocycles. The fourth-order valence-electron chi connectivity index (χ4n) is 6.73. The Kier molecular flexibility index (Phi) is 11.8. The number of hydrogen-bond donors (Lipinski definition) is 1. The number of benzene rings is 2. The summed E-state index contributed by atoms with van der Waals surface area (Å²) >= 11 is 0. The van der Waals surface area contributed by atoms with E-state index in [-0.39, 0.29) is 47.4 Å². The highest BCUT2D eigenvalue weighted by Gasteiger charge is 2.46. The first kappa shape index (κ1) is 41.3. The topological polar surface area (TPSA) is 178 Å². The van der Waals surface area contributed by atoms with Crippen LogP contribution in [0.5, 0.6) is 0 Å². The van der Waals surface area contributed by atoms with Gasteiger partial charge in [0, 0.05) is 50.4 Å². The summed E-state index contributed by atoms with van der Waals surface area (Å²) in [6, 6.07) is 6.08. The van der Waals surface area contributed by atoms with Gasteiger partial charge in [0.15, 0.2) is 6.10 Å². The number of aromatic nitrogens is 4. The van der Waals surface area contributed by atoms with E-state index >= 15 is 4.39 Å². The second-order valence-corrected chi connectivity index (χ2v) is 13.7. The van der Waals surface area contributed by atoms with Gasteiger partial charge < -0.3 is 29.2 Å². The van der Waals surface area contributed by atoms with Crippen LogP contribution in [0.1, 0.15) is 42.3 Å². The molecule has 306 valence electrons. The highest BCUT2D eigenvalue weighted by atomic mass is 19.4. The maximum Gasteiger partial charge on any atom is 0.715 e. The van der Waals surface area contributed by atoms with E-state index in [0.717, 1.165) is 15.5 Å². The molecule has 0 aliphatic carbocycles. The van der Waals surface area contributed by atoms with Gasteiger partial charge in [0.2, 0.25) is 0 Å². The fourth-order valence-corrected chi connectivity index (χ4v) is 6.73. The maximum atomic E-state index is 15.8. The van der Waals surface area contributed by atoms with E-state index in [0.29, 0.717) is 16.5 Å². The van der Waals surface area contributed by atoms with Gasteiger partial charge in [-0.1, -0.05) is 12.1 Å². The molecule has 5 aromatic rings. The van der Waals surface area contributed by atoms with Crippen molar-refractivity contribution in [1.29, 1.82) is 0 Å². The van der Waals surface area contributed by atoms with Gasteiger partial charge in [-0.3, -0.25) is 28.9 Å². The summed E-state index contributed by atoms with van der Waals surface area (Å²) in [6.07, 6.45) is -3.58. The highest BCUT2D eigenvalue weighted by Crippen LogP contribution is 2.33. The zero-order valence-electron chi connectivity index (χ0n) is 31.9. The van der Waals surface area contributed by atoms with Gasteiger partial charge in [0.05, 0.1) is 47.1 Å². The number of morpholine rings is 1. The molecule has 19 heteroatoms. The predicted molar refractivity (Wildman–Crippen MR) is 202 cm³/mol. The van der Waals surface area contributed by atoms with Crippen molar-refractivity contribution in [1.82, 2.24) is 24.4 Å². The molecule has 0 saturated carbocycles. The van der Waals surface area contributed by atoms with Crippen LogP contribution >= 0.6 is 0 Å². The molecule has 15 nitrogen and oxygen atoms in total. The Morgan fingerprint density at radius 3 is 2.52 bits per heavy atom. The van der Waals surface area contributed by atoms with Crippen LogP contribution in [0, 0.1) is 12.7 Å². The molecule has 3 aromatic heterocycles. The smallest absolute Gasteiger partial charge is 0.407 e. The summed E-state index contributed by atoms with van der Waals surface area (Å²) in [6.45, 7) is 4.97. The number of pyridine rings is 2. The number of anilines is 1. The zero-order chi connectivity index (χ0) is 42.1. The van der Waals surface area contributed by atoms with E-state index in [1.807, 2.05) is 0 Å². The molecule has 2 aromatic carbocycles. The van der Waals surface area contributed by atoms with E-state index in [4.69, 9.17) is 18.9 Å². The lowest BCUT2D eigenvalue weighted by Gasteiger charge is -2.38. The van der Waals surface area contributed by atoms with Crippen molar-refractivity contribution in [3.8, 4) is 5.69 Å². The third-order valence-electron chi connectivity index (χ3n) is 9.39. The molecule has 1 aliphatic heterocycles. The van der Waals surface area contributed by atoms with Crippen molar-refractivity contribution in [2.24, 2.45) is 7.05 Å². The molecule has 1 amide bonds. The monoisotopic (exact) mass is 811 g/mol. The molecule has 2 N–H and O–H groups in total. The number of esters is 1. The fraction of sp³-hybridized carbons (Fsp3) is 0.359. The van der Waals surface area contributed by atoms with E-state index in [9.17, 15) is 37.1 Å². The second-order valence-electron chi connectivity index (χ2n) is 13.7. The summed E-state index contributed by atoms with van der Waals surface area (Å²) in [5.74, 6) is -3.33. The largest absolute Gasteiger partial charge is 0.715 e. The molecule has 58 heavy (non-hydrogen) atoms. The Bertz CT molecular complexity index is 2500. The lowest BCUT2D eigenvalue weighted by Crippen LogP contribution is -2.53. The van der Waals surface area contributed by atoms with Crippen LogP contribution in [0.2, 0.25) is 0 Å². The lowest BCUT2D eigenvalue weighted by atomic mass is 9.99. The van der Waals surface area contributed by atoms with Crippen LogP contribution in [0.4, 0.5) is 23.2 Å². The SMILES string of the molecule is Cc1cc(N2CCOC[C@@H]2C(F)(F)F)cc(F)c1C(=O)N[C@@H](Cc1ccc(-n2c(=O)c3ccncc3n(C)c2=O)c2ncccc12)C(=O)OC(C)OC(=[OH+])OC(C)C. The minimum Gasteiger partial charge on any atom is -0.407 e. The van der Waals surface area contributed by atoms with Gasteiger partial charge in [-0.05, 0) is 62.2 Å². The highest BCUT2D eigenvalue weighted by molar-refractivity contribution is 5.99. The minimum atomic E-state index is -4.68. The Hall–Kier alpha value is -6.37. The molecule has 0 radical (unpaired) electrons. The van der Waals surface area contributed by atoms with Crippen molar-refractivity contribution in [2.45, 2.75) is 64.8 Å². The number of ether oxygens (including phenoxy) is 4. The summed E-state index contributed by atoms with van der Waals surface area (Å²) in [5, 5.41) is 3.07. The zero-order valence-corrected chi connectivity index (χ0v) is 31.9. The van der Waals surface area contributed by atoms with Crippen molar-refractivity contribution >= 4 is 45.5 Å². The molecule has 4 heterocycles. The van der Waals surface area contributed by atoms with Gasteiger partial charge in [0.25, 0.3) is 11.5 Å². The van der Waals surface area contributed by atoms with Crippen LogP contribution in [0.25, 0.3) is 27.5 Å². The summed E-state index contributed by atoms with van der Waals surface area (Å²) in [7, 11) is 1.49. The summed E-state index contributed by atoms with van der Waals surface area (Å²) in [5.41, 5.74) is -0.998. The van der Waals surface area contributed by atoms with Gasteiger partial charge >= 0.3 is 30.3 Å². The molecule has 6 rings (SSSR count). The second kappa shape index (κ2) is 16.6. The van der Waals surface area contributed by atoms with Crippen LogP contribution in [0.3, 0.4) is 0 Å². The average molecular weight is 812 g/mol. The Morgan fingerprint density at radius 2 is 1.81 bits per heavy atom. The first-order valence-electron chi connectivity index (χ1n) is 18.0. The first-order chi connectivity index (χ1) is 27.5. The predicted octanol–water partition coefficient (Wildman–Crippen LogP) is 3.98. The normalized spacial score (nSPS) is 15.6. The number of amides is 1. The molecule has 1 fully saturated rings. The Balaban J connectivity index is 1.37. The number of nitrogens with one attached hydrogen (secondary N) is 1. The molecule has 1 unspecified atom stereocenters. The number of alkyl halides is 3. The van der Waals surface area contributed by atoms with Gasteiger partial charge in [-0.2, -0.15) is 13.2 Å². The summed E-state index contributed by atoms with van der Waals surface area (Å²) < 4.78 is 80.1. The Labute approximate surface area is 327 Å². The number of aryl methyl sites for hydroxylation is 2. The number of hydrogen-bond acceptors (Lipinski definition) is 11. The van der Waals surface area contributed by atoms with Gasteiger partial charge in [-0.15, -0.1) is 0 Å². The van der Waals surface area contributed by atoms with E-state index in [1.165, 1.54) is 68.3 Å². The maximum absolute atomic E-state index is 15.8. The van der Waals surface area contributed by atoms with Crippen LogP contribution < -0.4 is 21.5 Å². The molecule has 0 bridgehead atoms. The summed E-state index contributed by atoms with van der Waals surface area (Å²) in [4.78, 5) is 74.3. The van der Waals surface area contributed by atoms with Gasteiger partial charge in [-0.25, -0.2) is 18.5 Å². The molecular formula is C39H39F4N6O9+. The number of rotatable bonds is 10. The average Bonchev–Trinajstić information content (AvgIpc) is 3.16. The first-order valence-corrected chi connectivity index (χ1v) is 18.0. The molecular weight excluding hydrogens is 772 g/mol. The van der Waals surface area contributed by atoms with Crippen molar-refractivity contribution < 1.29 is 50.9 Å². The van der Waals surface area contributed by atoms with Crippen LogP contribution in [-0.2, 0) is 37.2 Å². The van der Waals surface area contributed by atoms with Crippen molar-refractivity contribution in [3.63, 3.8) is 0 Å². The number of nitrogens with zero attached hydrogens (tertiary/aromatic N) is 5. The van der Waals surface area contributed by atoms with Crippen LogP contribution in [0.15, 0.2) is 70.6 Å². The van der Waals surface area contributed by atoms with Crippen molar-refractivity contribution in [2.75, 3.05) is 24.7 Å². The third kappa shape index (κ3) is 8.48. The standard InChI is InChI=1S/C39H38F4N6O9/c1-20(2)56-38(54)58-22(4)57-36(52)28(46-34(50)32-21(3)15-24(17-27(32)40)48-13-14-55-19-31(48)39(41,42)43)16-23-8-9-29(33-25(23)7-6-11-45-33)49-35(51)26-10-12-44-18-30(26)47(5)37(49)53/h6-12,15,17-18,20,22,28,31H,13-14,16,19H2,1-5H3,(H,46,50)/p+1/t22?,28-,31+/m0/s1. The van der Waals surface area contributed by atoms with E-state index in [2.05, 4.69) is 15.3 Å². The quantitative estimate of drug-likeness (QED) is 0.0935. The molecule has 0 spiro atoms. The number of carbonyl (C=O) groups is 2.